The number of hydrogen-bond acceptors (Lipinski definition) is 4. The van der Waals surface area contributed by atoms with Gasteiger partial charge >= 0.3 is 0 Å². The molecule has 1 aliphatic heterocycles. The quantitative estimate of drug-likeness (QED) is 0.673. The molecular formula is C24H36N2O3. The minimum Gasteiger partial charge on any atom is -0.496 e. The predicted molar refractivity (Wildman–Crippen MR) is 115 cm³/mol. The number of nitrogens with one attached hydrogen (secondary N) is 1. The van der Waals surface area contributed by atoms with Crippen LogP contribution in [0.15, 0.2) is 18.2 Å². The first-order valence-corrected chi connectivity index (χ1v) is 11.1. The smallest absolute Gasteiger partial charge is 0.229 e. The Morgan fingerprint density at radius 2 is 1.97 bits per heavy atom. The largest absolute Gasteiger partial charge is 0.496 e. The first-order chi connectivity index (χ1) is 13.8. The van der Waals surface area contributed by atoms with Crippen LogP contribution in [0.1, 0.15) is 70.4 Å². The fourth-order valence-electron chi connectivity index (χ4n) is 4.78. The number of nitrogens with zero attached hydrogens (tertiary/aromatic N) is 1. The molecule has 0 bridgehead atoms. The lowest BCUT2D eigenvalue weighted by Gasteiger charge is -2.35. The molecule has 160 valence electrons. The molecule has 2 amide bonds. The number of ether oxygens (including phenoxy) is 1. The van der Waals surface area contributed by atoms with Crippen LogP contribution in [-0.4, -0.2) is 42.5 Å². The third-order valence-electron chi connectivity index (χ3n) is 6.42. The summed E-state index contributed by atoms with van der Waals surface area (Å²) in [4.78, 5) is 26.2. The average Bonchev–Trinajstić information content (AvgIpc) is 2.67. The summed E-state index contributed by atoms with van der Waals surface area (Å²) in [5, 5.41) is 3.83. The van der Waals surface area contributed by atoms with Crippen molar-refractivity contribution in [3.63, 3.8) is 0 Å². The van der Waals surface area contributed by atoms with E-state index < -0.39 is 0 Å². The summed E-state index contributed by atoms with van der Waals surface area (Å²) in [6, 6.07) is 7.18. The molecule has 0 spiro atoms. The molecule has 2 unspecified atom stereocenters. The maximum atomic E-state index is 12.3. The van der Waals surface area contributed by atoms with Crippen molar-refractivity contribution in [2.45, 2.75) is 84.2 Å². The topological polar surface area (TPSA) is 58.6 Å². The molecule has 0 radical (unpaired) electrons. The zero-order valence-corrected chi connectivity index (χ0v) is 18.4. The zero-order valence-electron chi connectivity index (χ0n) is 18.4. The van der Waals surface area contributed by atoms with Gasteiger partial charge in [0.2, 0.25) is 11.8 Å². The first kappa shape index (κ1) is 21.8. The lowest BCUT2D eigenvalue weighted by atomic mass is 9.81. The van der Waals surface area contributed by atoms with Gasteiger partial charge in [0.25, 0.3) is 0 Å². The maximum absolute atomic E-state index is 12.3. The second kappa shape index (κ2) is 9.29. The lowest BCUT2D eigenvalue weighted by molar-refractivity contribution is -0.152. The molecular weight excluding hydrogens is 364 g/mol. The number of methoxy groups -OCH3 is 1. The number of benzene rings is 1. The molecule has 1 heterocycles. The van der Waals surface area contributed by atoms with E-state index in [1.165, 1.54) is 16.0 Å². The van der Waals surface area contributed by atoms with Gasteiger partial charge in [-0.15, -0.1) is 0 Å². The molecule has 2 atom stereocenters. The molecule has 5 heteroatoms. The second-order valence-corrected chi connectivity index (χ2v) is 9.41. The third-order valence-corrected chi connectivity index (χ3v) is 6.42. The lowest BCUT2D eigenvalue weighted by Crippen LogP contribution is -2.47. The van der Waals surface area contributed by atoms with Crippen molar-refractivity contribution in [1.29, 1.82) is 0 Å². The van der Waals surface area contributed by atoms with Crippen LogP contribution in [-0.2, 0) is 22.4 Å². The van der Waals surface area contributed by atoms with Crippen molar-refractivity contribution < 1.29 is 14.3 Å². The molecule has 1 fully saturated rings. The number of imide groups is 1. The molecule has 0 saturated carbocycles. The highest BCUT2D eigenvalue weighted by Crippen LogP contribution is 2.32. The van der Waals surface area contributed by atoms with E-state index in [-0.39, 0.29) is 17.2 Å². The number of carbonyl (C=O) groups is 2. The van der Waals surface area contributed by atoms with Gasteiger partial charge in [-0.25, -0.2) is 0 Å². The normalized spacial score (nSPS) is 22.3. The Morgan fingerprint density at radius 3 is 2.62 bits per heavy atom. The zero-order chi connectivity index (χ0) is 21.0. The summed E-state index contributed by atoms with van der Waals surface area (Å²) < 4.78 is 5.56. The van der Waals surface area contributed by atoms with Crippen LogP contribution in [0.3, 0.4) is 0 Å². The number of fused-ring (bicyclic) bond motifs is 1. The Bertz CT molecular complexity index is 709. The van der Waals surface area contributed by atoms with Gasteiger partial charge in [-0.3, -0.25) is 14.5 Å². The van der Waals surface area contributed by atoms with Crippen molar-refractivity contribution in [3.8, 4) is 5.75 Å². The van der Waals surface area contributed by atoms with E-state index in [4.69, 9.17) is 4.74 Å². The third kappa shape index (κ3) is 5.39. The average molecular weight is 401 g/mol. The summed E-state index contributed by atoms with van der Waals surface area (Å²) in [6.45, 7) is 6.74. The Kier molecular flexibility index (Phi) is 6.99. The van der Waals surface area contributed by atoms with Crippen LogP contribution in [0.4, 0.5) is 0 Å². The Hall–Kier alpha value is -1.88. The molecule has 0 aromatic heterocycles. The molecule has 1 aliphatic carbocycles. The van der Waals surface area contributed by atoms with Gasteiger partial charge in [-0.05, 0) is 61.1 Å². The van der Waals surface area contributed by atoms with Crippen LogP contribution in [0, 0.1) is 5.41 Å². The van der Waals surface area contributed by atoms with Gasteiger partial charge in [-0.2, -0.15) is 0 Å². The van der Waals surface area contributed by atoms with Crippen LogP contribution in [0.25, 0.3) is 0 Å². The second-order valence-electron chi connectivity index (χ2n) is 9.41. The highest BCUT2D eigenvalue weighted by Gasteiger charge is 2.37. The van der Waals surface area contributed by atoms with E-state index in [2.05, 4.69) is 24.4 Å². The van der Waals surface area contributed by atoms with Crippen molar-refractivity contribution in [2.75, 3.05) is 13.7 Å². The highest BCUT2D eigenvalue weighted by atomic mass is 16.5. The number of aryl methyl sites for hydroxylation is 1. The predicted octanol–water partition coefficient (Wildman–Crippen LogP) is 3.88. The van der Waals surface area contributed by atoms with Crippen LogP contribution >= 0.6 is 0 Å². The van der Waals surface area contributed by atoms with Gasteiger partial charge in [0.05, 0.1) is 7.11 Å². The van der Waals surface area contributed by atoms with E-state index in [0.29, 0.717) is 31.5 Å². The summed E-state index contributed by atoms with van der Waals surface area (Å²) in [6.07, 6.45) is 7.03. The molecule has 1 N–H and O–H groups in total. The monoisotopic (exact) mass is 400 g/mol. The van der Waals surface area contributed by atoms with E-state index >= 15 is 0 Å². The molecule has 2 aliphatic rings. The Morgan fingerprint density at radius 1 is 1.24 bits per heavy atom. The summed E-state index contributed by atoms with van der Waals surface area (Å²) in [7, 11) is 1.74. The van der Waals surface area contributed by atoms with Crippen LogP contribution in [0.5, 0.6) is 5.75 Å². The first-order valence-electron chi connectivity index (χ1n) is 11.1. The van der Waals surface area contributed by atoms with Crippen LogP contribution < -0.4 is 10.1 Å². The van der Waals surface area contributed by atoms with Crippen LogP contribution in [0.2, 0.25) is 0 Å². The van der Waals surface area contributed by atoms with E-state index in [0.717, 1.165) is 44.3 Å². The number of carbonyl (C=O) groups excluding carboxylic acids is 2. The van der Waals surface area contributed by atoms with Crippen molar-refractivity contribution >= 4 is 11.8 Å². The standard InChI is InChI=1S/C24H36N2O3/c1-5-18(9-7-13-26-22(27)15-24(2,3)16-23(26)28)25-19-12-11-17-8-6-10-21(29-4)20(17)14-19/h6,8,10,18-19,25H,5,7,9,11-16H2,1-4H3. The molecule has 3 rings (SSSR count). The molecule has 1 saturated heterocycles. The minimum absolute atomic E-state index is 0.0109. The Labute approximate surface area is 175 Å². The summed E-state index contributed by atoms with van der Waals surface area (Å²) >= 11 is 0. The molecule has 5 nitrogen and oxygen atoms in total. The van der Waals surface area contributed by atoms with E-state index in [1.807, 2.05) is 19.9 Å². The van der Waals surface area contributed by atoms with Gasteiger partial charge in [0.1, 0.15) is 5.75 Å². The van der Waals surface area contributed by atoms with Crippen molar-refractivity contribution in [1.82, 2.24) is 10.2 Å². The maximum Gasteiger partial charge on any atom is 0.229 e. The van der Waals surface area contributed by atoms with E-state index in [1.54, 1.807) is 7.11 Å². The number of rotatable bonds is 8. The van der Waals surface area contributed by atoms with Crippen molar-refractivity contribution in [3.05, 3.63) is 29.3 Å². The van der Waals surface area contributed by atoms with Gasteiger partial charge in [-0.1, -0.05) is 32.9 Å². The highest BCUT2D eigenvalue weighted by molar-refractivity contribution is 5.98. The van der Waals surface area contributed by atoms with Gasteiger partial charge in [0.15, 0.2) is 0 Å². The molecule has 29 heavy (non-hydrogen) atoms. The fraction of sp³-hybridized carbons (Fsp3) is 0.667. The Balaban J connectivity index is 1.50. The molecule has 1 aromatic rings. The van der Waals surface area contributed by atoms with Gasteiger partial charge in [0, 0.05) is 31.5 Å². The number of likely N-dealkylation sites (tertiary alicyclic amines) is 1. The van der Waals surface area contributed by atoms with Crippen molar-refractivity contribution in [2.24, 2.45) is 5.41 Å². The minimum atomic E-state index is -0.198. The number of amides is 2. The summed E-state index contributed by atoms with van der Waals surface area (Å²) in [5.41, 5.74) is 2.54. The number of piperidine rings is 1. The SMILES string of the molecule is CCC(CCCN1C(=O)CC(C)(C)CC1=O)NC1CCc2cccc(OC)c2C1. The molecule has 1 aromatic carbocycles. The number of hydrogen-bond donors (Lipinski definition) is 1. The fourth-order valence-corrected chi connectivity index (χ4v) is 4.78. The van der Waals surface area contributed by atoms with E-state index in [9.17, 15) is 9.59 Å². The summed E-state index contributed by atoms with van der Waals surface area (Å²) in [5.74, 6) is 0.971. The van der Waals surface area contributed by atoms with Gasteiger partial charge < -0.3 is 10.1 Å².